The van der Waals surface area contributed by atoms with Crippen molar-refractivity contribution in [3.8, 4) is 0 Å². The summed E-state index contributed by atoms with van der Waals surface area (Å²) in [6.07, 6.45) is -1.03. The number of aromatic nitrogens is 1. The van der Waals surface area contributed by atoms with Crippen molar-refractivity contribution < 1.29 is 14.6 Å². The molecule has 0 saturated carbocycles. The van der Waals surface area contributed by atoms with E-state index in [-0.39, 0.29) is 0 Å². The number of hydrogen-bond acceptors (Lipinski definition) is 5. The Balaban J connectivity index is 2.34. The van der Waals surface area contributed by atoms with Crippen LogP contribution in [0, 0.1) is 0 Å². The first-order valence-corrected chi connectivity index (χ1v) is 4.37. The molecular formula is C9H10N2O4. The number of anilines is 1. The highest BCUT2D eigenvalue weighted by Crippen LogP contribution is 2.16. The Hall–Kier alpha value is -1.79. The number of oxazole rings is 1. The molecule has 15 heavy (non-hydrogen) atoms. The van der Waals surface area contributed by atoms with Crippen molar-refractivity contribution in [1.82, 2.24) is 4.98 Å². The summed E-state index contributed by atoms with van der Waals surface area (Å²) in [6.45, 7) is -0.394. The third-order valence-electron chi connectivity index (χ3n) is 1.93. The fourth-order valence-electron chi connectivity index (χ4n) is 1.27. The summed E-state index contributed by atoms with van der Waals surface area (Å²) in [7, 11) is 0. The van der Waals surface area contributed by atoms with Gasteiger partial charge in [0.15, 0.2) is 5.58 Å². The summed E-state index contributed by atoms with van der Waals surface area (Å²) in [5.74, 6) is -0.523. The van der Waals surface area contributed by atoms with Gasteiger partial charge in [0.25, 0.3) is 0 Å². The largest absolute Gasteiger partial charge is 0.417 e. The standard InChI is InChI=1S/C9H10N2O4/c12-4-8(13)10-5-1-2-6-7(3-5)15-9(14)11-6/h1-3,8,10,12-13H,4H2,(H,11,14). The Bertz CT molecular complexity index is 516. The van der Waals surface area contributed by atoms with Gasteiger partial charge in [0, 0.05) is 11.8 Å². The highest BCUT2D eigenvalue weighted by molar-refractivity contribution is 5.76. The molecule has 0 saturated heterocycles. The number of H-pyrrole nitrogens is 1. The molecule has 0 aliphatic carbocycles. The minimum atomic E-state index is -1.03. The number of fused-ring (bicyclic) bond motifs is 1. The van der Waals surface area contributed by atoms with E-state index in [4.69, 9.17) is 14.6 Å². The Kier molecular flexibility index (Phi) is 2.44. The molecule has 0 radical (unpaired) electrons. The Morgan fingerprint density at radius 1 is 1.53 bits per heavy atom. The summed E-state index contributed by atoms with van der Waals surface area (Å²) in [4.78, 5) is 13.3. The summed E-state index contributed by atoms with van der Waals surface area (Å²) >= 11 is 0. The maximum atomic E-state index is 10.8. The number of aliphatic hydroxyl groups is 2. The van der Waals surface area contributed by atoms with E-state index in [0.717, 1.165) is 0 Å². The van der Waals surface area contributed by atoms with Crippen LogP contribution in [0.15, 0.2) is 27.4 Å². The molecule has 1 heterocycles. The van der Waals surface area contributed by atoms with Crippen molar-refractivity contribution in [2.45, 2.75) is 6.23 Å². The quantitative estimate of drug-likeness (QED) is 0.528. The molecule has 80 valence electrons. The smallest absolute Gasteiger partial charge is 0.408 e. The third-order valence-corrected chi connectivity index (χ3v) is 1.93. The summed E-state index contributed by atoms with van der Waals surface area (Å²) < 4.78 is 4.83. The zero-order valence-corrected chi connectivity index (χ0v) is 7.73. The second kappa shape index (κ2) is 3.76. The van der Waals surface area contributed by atoms with Crippen LogP contribution in [-0.4, -0.2) is 28.0 Å². The first-order valence-electron chi connectivity index (χ1n) is 4.37. The van der Waals surface area contributed by atoms with Crippen LogP contribution >= 0.6 is 0 Å². The van der Waals surface area contributed by atoms with Crippen molar-refractivity contribution in [3.05, 3.63) is 28.7 Å². The topological polar surface area (TPSA) is 98.5 Å². The summed E-state index contributed by atoms with van der Waals surface area (Å²) in [6, 6.07) is 4.87. The molecule has 6 nitrogen and oxygen atoms in total. The van der Waals surface area contributed by atoms with E-state index in [1.54, 1.807) is 18.2 Å². The molecule has 0 bridgehead atoms. The van der Waals surface area contributed by atoms with Gasteiger partial charge in [-0.05, 0) is 12.1 Å². The second-order valence-corrected chi connectivity index (χ2v) is 3.07. The predicted molar refractivity (Wildman–Crippen MR) is 53.6 cm³/mol. The van der Waals surface area contributed by atoms with E-state index in [2.05, 4.69) is 10.3 Å². The predicted octanol–water partition coefficient (Wildman–Crippen LogP) is -0.156. The average molecular weight is 210 g/mol. The number of aromatic amines is 1. The van der Waals surface area contributed by atoms with Gasteiger partial charge in [-0.1, -0.05) is 0 Å². The number of aliphatic hydroxyl groups excluding tert-OH is 2. The van der Waals surface area contributed by atoms with Gasteiger partial charge < -0.3 is 19.9 Å². The molecule has 1 unspecified atom stereocenters. The Morgan fingerprint density at radius 3 is 3.07 bits per heavy atom. The van der Waals surface area contributed by atoms with Crippen LogP contribution in [0.4, 0.5) is 5.69 Å². The van der Waals surface area contributed by atoms with Crippen molar-refractivity contribution in [3.63, 3.8) is 0 Å². The van der Waals surface area contributed by atoms with Crippen molar-refractivity contribution >= 4 is 16.8 Å². The van der Waals surface area contributed by atoms with E-state index >= 15 is 0 Å². The molecule has 1 atom stereocenters. The van der Waals surface area contributed by atoms with E-state index in [0.29, 0.717) is 16.8 Å². The molecule has 1 aromatic carbocycles. The highest BCUT2D eigenvalue weighted by Gasteiger charge is 2.04. The van der Waals surface area contributed by atoms with Crippen molar-refractivity contribution in [1.29, 1.82) is 0 Å². The highest BCUT2D eigenvalue weighted by atomic mass is 16.4. The number of benzene rings is 1. The van der Waals surface area contributed by atoms with Crippen molar-refractivity contribution in [2.24, 2.45) is 0 Å². The Morgan fingerprint density at radius 2 is 2.33 bits per heavy atom. The molecule has 0 aliphatic heterocycles. The molecule has 2 aromatic rings. The molecule has 0 amide bonds. The van der Waals surface area contributed by atoms with Crippen LogP contribution in [-0.2, 0) is 0 Å². The Labute approximate surface area is 84.2 Å². The number of rotatable bonds is 3. The normalized spacial score (nSPS) is 12.9. The first-order chi connectivity index (χ1) is 7.19. The lowest BCUT2D eigenvalue weighted by atomic mass is 10.3. The van der Waals surface area contributed by atoms with E-state index in [1.807, 2.05) is 0 Å². The summed E-state index contributed by atoms with van der Waals surface area (Å²) in [5.41, 5.74) is 1.55. The zero-order valence-electron chi connectivity index (χ0n) is 7.73. The third kappa shape index (κ3) is 2.00. The molecule has 0 aliphatic rings. The van der Waals surface area contributed by atoms with Gasteiger partial charge in [-0.3, -0.25) is 4.98 Å². The molecule has 4 N–H and O–H groups in total. The van der Waals surface area contributed by atoms with E-state index in [1.165, 1.54) is 0 Å². The fraction of sp³-hybridized carbons (Fsp3) is 0.222. The monoisotopic (exact) mass is 210 g/mol. The number of nitrogens with one attached hydrogen (secondary N) is 2. The average Bonchev–Trinajstić information content (AvgIpc) is 2.57. The van der Waals surface area contributed by atoms with Gasteiger partial charge in [-0.2, -0.15) is 0 Å². The molecular weight excluding hydrogens is 200 g/mol. The van der Waals surface area contributed by atoms with Crippen LogP contribution < -0.4 is 11.1 Å². The lowest BCUT2D eigenvalue weighted by Crippen LogP contribution is -2.22. The van der Waals surface area contributed by atoms with Crippen LogP contribution in [0.5, 0.6) is 0 Å². The van der Waals surface area contributed by atoms with Gasteiger partial charge in [-0.25, -0.2) is 4.79 Å². The van der Waals surface area contributed by atoms with Crippen LogP contribution in [0.3, 0.4) is 0 Å². The minimum Gasteiger partial charge on any atom is -0.408 e. The van der Waals surface area contributed by atoms with Gasteiger partial charge >= 0.3 is 5.76 Å². The zero-order chi connectivity index (χ0) is 10.8. The molecule has 0 spiro atoms. The fourth-order valence-corrected chi connectivity index (χ4v) is 1.27. The maximum Gasteiger partial charge on any atom is 0.417 e. The van der Waals surface area contributed by atoms with Crippen LogP contribution in [0.1, 0.15) is 0 Å². The van der Waals surface area contributed by atoms with Crippen LogP contribution in [0.2, 0.25) is 0 Å². The summed E-state index contributed by atoms with van der Waals surface area (Å²) in [5, 5.41) is 20.4. The molecule has 6 heteroatoms. The lowest BCUT2D eigenvalue weighted by Gasteiger charge is -2.10. The number of hydrogen-bond donors (Lipinski definition) is 4. The van der Waals surface area contributed by atoms with Crippen LogP contribution in [0.25, 0.3) is 11.1 Å². The first kappa shape index (κ1) is 9.75. The van der Waals surface area contributed by atoms with Gasteiger partial charge in [0.2, 0.25) is 0 Å². The van der Waals surface area contributed by atoms with E-state index in [9.17, 15) is 4.79 Å². The SMILES string of the molecule is O=c1[nH]c2ccc(NC(O)CO)cc2o1. The van der Waals surface area contributed by atoms with Gasteiger partial charge in [0.05, 0.1) is 12.1 Å². The molecule has 1 aromatic heterocycles. The van der Waals surface area contributed by atoms with Gasteiger partial charge in [-0.15, -0.1) is 0 Å². The van der Waals surface area contributed by atoms with Gasteiger partial charge in [0.1, 0.15) is 6.23 Å². The molecule has 2 rings (SSSR count). The lowest BCUT2D eigenvalue weighted by molar-refractivity contribution is 0.117. The molecule has 0 fully saturated rings. The van der Waals surface area contributed by atoms with E-state index < -0.39 is 18.6 Å². The maximum absolute atomic E-state index is 10.8. The second-order valence-electron chi connectivity index (χ2n) is 3.07. The van der Waals surface area contributed by atoms with Crippen molar-refractivity contribution in [2.75, 3.05) is 11.9 Å². The minimum absolute atomic E-state index is 0.394.